The third kappa shape index (κ3) is 3.79. The first kappa shape index (κ1) is 19.7. The Bertz CT molecular complexity index is 1290. The number of carbonyl (C=O) groups is 2. The zero-order chi connectivity index (χ0) is 21.5. The van der Waals surface area contributed by atoms with Crippen molar-refractivity contribution in [2.45, 2.75) is 12.8 Å². The molecule has 0 aliphatic carbocycles. The Morgan fingerprint density at radius 1 is 1.03 bits per heavy atom. The van der Waals surface area contributed by atoms with E-state index in [2.05, 4.69) is 5.43 Å². The predicted molar refractivity (Wildman–Crippen MR) is 111 cm³/mol. The number of nitrogens with zero attached hydrogens (tertiary/aromatic N) is 1. The molecular weight excluding hydrogens is 408 g/mol. The average Bonchev–Trinajstić information content (AvgIpc) is 2.97. The number of carbonyl (C=O) groups excluding carboxylic acids is 1. The highest BCUT2D eigenvalue weighted by Gasteiger charge is 2.36. The molecule has 0 atom stereocenters. The van der Waals surface area contributed by atoms with Gasteiger partial charge in [-0.05, 0) is 52.1 Å². The number of aryl methyl sites for hydroxylation is 1. The third-order valence-electron chi connectivity index (χ3n) is 4.86. The van der Waals surface area contributed by atoms with Crippen molar-refractivity contribution < 1.29 is 28.2 Å². The summed E-state index contributed by atoms with van der Waals surface area (Å²) in [6.45, 7) is 0. The number of rotatable bonds is 5. The van der Waals surface area contributed by atoms with Crippen LogP contribution in [0.3, 0.4) is 0 Å². The molecule has 0 spiro atoms. The molecule has 3 N–H and O–H groups in total. The first-order chi connectivity index (χ1) is 14.2. The Kier molecular flexibility index (Phi) is 4.83. The summed E-state index contributed by atoms with van der Waals surface area (Å²) in [5.74, 6) is -2.46. The molecule has 0 aromatic heterocycles. The summed E-state index contributed by atoms with van der Waals surface area (Å²) in [4.78, 5) is 22.3. The van der Waals surface area contributed by atoms with Gasteiger partial charge >= 0.3 is 5.97 Å². The molecule has 9 heteroatoms. The van der Waals surface area contributed by atoms with E-state index < -0.39 is 27.7 Å². The topological polar surface area (TPSA) is 124 Å². The number of benzene rings is 3. The summed E-state index contributed by atoms with van der Waals surface area (Å²) in [7, 11) is -3.90. The standard InChI is InChI=1S/C21H18N2O6S/c24-19-11-16-6-5-15(14-3-1-2-13(8-14)4-7-21(26)27)9-17(16)10-18(19)23-22-20(25)12-30(23,28)29/h1-3,5-6,8-11,24H,4,7,12H2,(H,22,25)(H,26,27). The predicted octanol–water partition coefficient (Wildman–Crippen LogP) is 2.41. The van der Waals surface area contributed by atoms with Crippen molar-refractivity contribution in [3.05, 3.63) is 60.2 Å². The SMILES string of the molecule is O=C(O)CCc1cccc(-c2ccc3cc(O)c(N4NC(=O)CS4(=O)=O)cc3c2)c1. The van der Waals surface area contributed by atoms with Gasteiger partial charge in [-0.3, -0.25) is 15.0 Å². The van der Waals surface area contributed by atoms with Crippen LogP contribution in [-0.2, 0) is 26.0 Å². The molecule has 1 heterocycles. The van der Waals surface area contributed by atoms with Crippen LogP contribution in [0, 0.1) is 0 Å². The number of carboxylic acid groups (broad SMARTS) is 1. The van der Waals surface area contributed by atoms with E-state index in [-0.39, 0.29) is 17.9 Å². The lowest BCUT2D eigenvalue weighted by Gasteiger charge is -2.18. The number of phenolic OH excluding ortho intramolecular Hbond substituents is 1. The average molecular weight is 426 g/mol. The number of anilines is 1. The van der Waals surface area contributed by atoms with Crippen LogP contribution in [0.15, 0.2) is 54.6 Å². The second-order valence-electron chi connectivity index (χ2n) is 7.05. The van der Waals surface area contributed by atoms with E-state index in [0.717, 1.165) is 16.7 Å². The maximum Gasteiger partial charge on any atom is 0.303 e. The minimum atomic E-state index is -3.90. The lowest BCUT2D eigenvalue weighted by atomic mass is 9.98. The molecule has 0 saturated carbocycles. The Labute approximate surface area is 172 Å². The van der Waals surface area contributed by atoms with Crippen molar-refractivity contribution in [3.63, 3.8) is 0 Å². The van der Waals surface area contributed by atoms with Gasteiger partial charge in [-0.15, -0.1) is 0 Å². The normalized spacial score (nSPS) is 15.3. The lowest BCUT2D eigenvalue weighted by molar-refractivity contribution is -0.137. The van der Waals surface area contributed by atoms with Crippen LogP contribution in [0.25, 0.3) is 21.9 Å². The number of hydrazine groups is 1. The van der Waals surface area contributed by atoms with Crippen molar-refractivity contribution in [1.82, 2.24) is 5.43 Å². The second-order valence-corrected chi connectivity index (χ2v) is 8.87. The van der Waals surface area contributed by atoms with Gasteiger partial charge in [0.25, 0.3) is 15.9 Å². The monoisotopic (exact) mass is 426 g/mol. The highest BCUT2D eigenvalue weighted by Crippen LogP contribution is 2.36. The maximum atomic E-state index is 12.2. The molecule has 1 aliphatic heterocycles. The van der Waals surface area contributed by atoms with Gasteiger partial charge in [0.1, 0.15) is 11.4 Å². The van der Waals surface area contributed by atoms with Crippen molar-refractivity contribution >= 4 is 38.4 Å². The molecule has 1 saturated heterocycles. The fourth-order valence-corrected chi connectivity index (χ4v) is 4.64. The molecule has 30 heavy (non-hydrogen) atoms. The minimum absolute atomic E-state index is 0.0271. The first-order valence-corrected chi connectivity index (χ1v) is 10.7. The number of aromatic hydroxyl groups is 1. The van der Waals surface area contributed by atoms with E-state index in [1.807, 2.05) is 36.4 Å². The third-order valence-corrected chi connectivity index (χ3v) is 6.33. The van der Waals surface area contributed by atoms with Crippen molar-refractivity contribution in [1.29, 1.82) is 0 Å². The lowest BCUT2D eigenvalue weighted by Crippen LogP contribution is -2.35. The molecule has 3 aromatic carbocycles. The van der Waals surface area contributed by atoms with Crippen LogP contribution in [0.1, 0.15) is 12.0 Å². The minimum Gasteiger partial charge on any atom is -0.506 e. The zero-order valence-electron chi connectivity index (χ0n) is 15.7. The fraction of sp³-hybridized carbons (Fsp3) is 0.143. The van der Waals surface area contributed by atoms with E-state index in [0.29, 0.717) is 21.6 Å². The number of amides is 1. The van der Waals surface area contributed by atoms with Crippen LogP contribution < -0.4 is 9.84 Å². The molecule has 8 nitrogen and oxygen atoms in total. The van der Waals surface area contributed by atoms with Crippen LogP contribution >= 0.6 is 0 Å². The molecule has 1 amide bonds. The highest BCUT2D eigenvalue weighted by atomic mass is 32.2. The van der Waals surface area contributed by atoms with E-state index in [1.165, 1.54) is 12.1 Å². The second kappa shape index (κ2) is 7.34. The van der Waals surface area contributed by atoms with Crippen LogP contribution in [0.5, 0.6) is 5.75 Å². The van der Waals surface area contributed by atoms with E-state index in [9.17, 15) is 23.1 Å². The fourth-order valence-electron chi connectivity index (χ4n) is 3.43. The molecule has 0 bridgehead atoms. The maximum absolute atomic E-state index is 12.2. The smallest absolute Gasteiger partial charge is 0.303 e. The van der Waals surface area contributed by atoms with Gasteiger partial charge in [-0.1, -0.05) is 36.4 Å². The number of phenols is 1. The zero-order valence-corrected chi connectivity index (χ0v) is 16.5. The number of nitrogens with one attached hydrogen (secondary N) is 1. The van der Waals surface area contributed by atoms with Crippen molar-refractivity contribution in [3.8, 4) is 16.9 Å². The first-order valence-electron chi connectivity index (χ1n) is 9.13. The van der Waals surface area contributed by atoms with Gasteiger partial charge in [0.05, 0.1) is 0 Å². The van der Waals surface area contributed by atoms with Gasteiger partial charge in [-0.25, -0.2) is 8.42 Å². The quantitative estimate of drug-likeness (QED) is 0.576. The highest BCUT2D eigenvalue weighted by molar-refractivity contribution is 7.93. The van der Waals surface area contributed by atoms with Gasteiger partial charge in [-0.2, -0.15) is 4.41 Å². The largest absolute Gasteiger partial charge is 0.506 e. The summed E-state index contributed by atoms with van der Waals surface area (Å²) in [5, 5.41) is 20.6. The van der Waals surface area contributed by atoms with E-state index in [4.69, 9.17) is 5.11 Å². The molecule has 4 rings (SSSR count). The number of carboxylic acids is 1. The van der Waals surface area contributed by atoms with Crippen LogP contribution in [0.2, 0.25) is 0 Å². The molecule has 1 fully saturated rings. The molecule has 154 valence electrons. The van der Waals surface area contributed by atoms with Crippen LogP contribution in [0.4, 0.5) is 5.69 Å². The van der Waals surface area contributed by atoms with Gasteiger partial charge in [0, 0.05) is 6.42 Å². The Morgan fingerprint density at radius 3 is 2.50 bits per heavy atom. The molecule has 3 aromatic rings. The number of sulfonamides is 1. The Balaban J connectivity index is 1.74. The molecule has 1 aliphatic rings. The number of fused-ring (bicyclic) bond motifs is 1. The van der Waals surface area contributed by atoms with Crippen molar-refractivity contribution in [2.24, 2.45) is 0 Å². The summed E-state index contributed by atoms with van der Waals surface area (Å²) < 4.78 is 25.1. The molecular formula is C21H18N2O6S. The number of aliphatic carboxylic acids is 1. The van der Waals surface area contributed by atoms with Gasteiger partial charge < -0.3 is 10.2 Å². The van der Waals surface area contributed by atoms with Gasteiger partial charge in [0.15, 0.2) is 5.75 Å². The number of hydrogen-bond acceptors (Lipinski definition) is 5. The summed E-state index contributed by atoms with van der Waals surface area (Å²) >= 11 is 0. The van der Waals surface area contributed by atoms with E-state index in [1.54, 1.807) is 6.07 Å². The molecule has 0 radical (unpaired) electrons. The molecule has 0 unspecified atom stereocenters. The summed E-state index contributed by atoms with van der Waals surface area (Å²) in [5.41, 5.74) is 4.85. The van der Waals surface area contributed by atoms with Crippen LogP contribution in [-0.4, -0.2) is 36.3 Å². The van der Waals surface area contributed by atoms with E-state index >= 15 is 0 Å². The Morgan fingerprint density at radius 2 is 1.80 bits per heavy atom. The number of hydrogen-bond donors (Lipinski definition) is 3. The van der Waals surface area contributed by atoms with Gasteiger partial charge in [0.2, 0.25) is 0 Å². The summed E-state index contributed by atoms with van der Waals surface area (Å²) in [6, 6.07) is 16.0. The van der Waals surface area contributed by atoms with Crippen molar-refractivity contribution in [2.75, 3.05) is 10.2 Å². The summed E-state index contributed by atoms with van der Waals surface area (Å²) in [6.07, 6.45) is 0.459. The Hall–Kier alpha value is -3.59.